The minimum absolute atomic E-state index is 0.168. The molecule has 0 aliphatic carbocycles. The number of rotatable bonds is 7. The van der Waals surface area contributed by atoms with Crippen molar-refractivity contribution in [1.82, 2.24) is 0 Å². The van der Waals surface area contributed by atoms with Gasteiger partial charge in [0.05, 0.1) is 6.54 Å². The molecule has 3 aromatic carbocycles. The number of benzene rings is 3. The van der Waals surface area contributed by atoms with Gasteiger partial charge in [0.2, 0.25) is 0 Å². The van der Waals surface area contributed by atoms with E-state index in [4.69, 9.17) is 0 Å². The number of carbonyl (C=O) groups is 1. The molecule has 2 amide bonds. The third-order valence-corrected chi connectivity index (χ3v) is 6.32. The summed E-state index contributed by atoms with van der Waals surface area (Å²) in [5.74, 6) is 1.25. The second kappa shape index (κ2) is 10.8. The van der Waals surface area contributed by atoms with Crippen LogP contribution in [0.5, 0.6) is 5.75 Å². The SMILES string of the molecule is Cc1cc(CN(C(=O)Nc2c(C(C)C)cccc2C(C)C)c2ccc(C(C)C)cc2)ccc1O. The van der Waals surface area contributed by atoms with E-state index in [1.165, 1.54) is 5.56 Å². The maximum atomic E-state index is 13.8. The maximum absolute atomic E-state index is 13.8. The molecule has 3 rings (SSSR count). The first kappa shape index (κ1) is 25.4. The van der Waals surface area contributed by atoms with E-state index >= 15 is 0 Å². The van der Waals surface area contributed by atoms with E-state index in [0.29, 0.717) is 12.5 Å². The van der Waals surface area contributed by atoms with Gasteiger partial charge in [0, 0.05) is 11.4 Å². The summed E-state index contributed by atoms with van der Waals surface area (Å²) in [6, 6.07) is 19.8. The Morgan fingerprint density at radius 1 is 0.853 bits per heavy atom. The van der Waals surface area contributed by atoms with Crippen LogP contribution in [-0.2, 0) is 6.54 Å². The van der Waals surface area contributed by atoms with Crippen molar-refractivity contribution in [2.45, 2.75) is 72.8 Å². The quantitative estimate of drug-likeness (QED) is 0.374. The highest BCUT2D eigenvalue weighted by Gasteiger charge is 2.21. The van der Waals surface area contributed by atoms with Gasteiger partial charge in [-0.1, -0.05) is 84.0 Å². The number of nitrogens with zero attached hydrogens (tertiary/aromatic N) is 1. The second-order valence-electron chi connectivity index (χ2n) is 10.0. The Morgan fingerprint density at radius 3 is 1.94 bits per heavy atom. The highest BCUT2D eigenvalue weighted by atomic mass is 16.3. The fourth-order valence-corrected chi connectivity index (χ4v) is 4.19. The molecule has 0 aromatic heterocycles. The number of para-hydroxylation sites is 1. The number of urea groups is 1. The number of hydrogen-bond acceptors (Lipinski definition) is 2. The van der Waals surface area contributed by atoms with Crippen LogP contribution in [0.1, 0.15) is 87.1 Å². The van der Waals surface area contributed by atoms with Crippen LogP contribution < -0.4 is 10.2 Å². The molecule has 0 radical (unpaired) electrons. The molecule has 0 heterocycles. The highest BCUT2D eigenvalue weighted by Crippen LogP contribution is 2.33. The second-order valence-corrected chi connectivity index (χ2v) is 10.0. The average molecular weight is 459 g/mol. The number of aryl methyl sites for hydroxylation is 1. The van der Waals surface area contributed by atoms with Crippen LogP contribution >= 0.6 is 0 Å². The first-order chi connectivity index (χ1) is 16.1. The fraction of sp³-hybridized carbons (Fsp3) is 0.367. The summed E-state index contributed by atoms with van der Waals surface area (Å²) < 4.78 is 0. The number of anilines is 2. The lowest BCUT2D eigenvalue weighted by Crippen LogP contribution is -2.35. The number of phenols is 1. The smallest absolute Gasteiger partial charge is 0.326 e. The van der Waals surface area contributed by atoms with Crippen LogP contribution in [0.15, 0.2) is 60.7 Å². The molecule has 0 saturated heterocycles. The zero-order chi connectivity index (χ0) is 25.0. The largest absolute Gasteiger partial charge is 0.508 e. The van der Waals surface area contributed by atoms with E-state index in [2.05, 4.69) is 77.2 Å². The Kier molecular flexibility index (Phi) is 8.03. The Hall–Kier alpha value is -3.27. The van der Waals surface area contributed by atoms with Gasteiger partial charge in [0.15, 0.2) is 0 Å². The Labute approximate surface area is 204 Å². The fourth-order valence-electron chi connectivity index (χ4n) is 4.19. The first-order valence-electron chi connectivity index (χ1n) is 12.2. The third kappa shape index (κ3) is 5.80. The number of nitrogens with one attached hydrogen (secondary N) is 1. The van der Waals surface area contributed by atoms with Crippen molar-refractivity contribution in [3.05, 3.63) is 88.5 Å². The molecule has 0 aliphatic heterocycles. The number of hydrogen-bond donors (Lipinski definition) is 2. The van der Waals surface area contributed by atoms with E-state index in [-0.39, 0.29) is 23.6 Å². The van der Waals surface area contributed by atoms with Gasteiger partial charge in [-0.25, -0.2) is 4.79 Å². The predicted molar refractivity (Wildman–Crippen MR) is 143 cm³/mol. The van der Waals surface area contributed by atoms with Gasteiger partial charge in [-0.2, -0.15) is 0 Å². The van der Waals surface area contributed by atoms with E-state index in [1.54, 1.807) is 11.0 Å². The first-order valence-corrected chi connectivity index (χ1v) is 12.2. The van der Waals surface area contributed by atoms with Crippen LogP contribution in [0.2, 0.25) is 0 Å². The summed E-state index contributed by atoms with van der Waals surface area (Å²) in [5.41, 5.74) is 6.99. The minimum atomic E-state index is -0.168. The van der Waals surface area contributed by atoms with Crippen molar-refractivity contribution in [2.24, 2.45) is 0 Å². The highest BCUT2D eigenvalue weighted by molar-refractivity contribution is 6.02. The van der Waals surface area contributed by atoms with Crippen LogP contribution in [0.25, 0.3) is 0 Å². The lowest BCUT2D eigenvalue weighted by molar-refractivity contribution is 0.256. The van der Waals surface area contributed by atoms with Crippen molar-refractivity contribution in [2.75, 3.05) is 10.2 Å². The molecular weight excluding hydrogens is 420 g/mol. The van der Waals surface area contributed by atoms with E-state index < -0.39 is 0 Å². The number of carbonyl (C=O) groups excluding carboxylic acids is 1. The van der Waals surface area contributed by atoms with Crippen LogP contribution in [0.3, 0.4) is 0 Å². The van der Waals surface area contributed by atoms with Crippen molar-refractivity contribution in [3.8, 4) is 5.75 Å². The Balaban J connectivity index is 2.02. The van der Waals surface area contributed by atoms with Crippen molar-refractivity contribution in [1.29, 1.82) is 0 Å². The molecular formula is C30H38N2O2. The van der Waals surface area contributed by atoms with Crippen molar-refractivity contribution < 1.29 is 9.90 Å². The zero-order valence-corrected chi connectivity index (χ0v) is 21.5. The van der Waals surface area contributed by atoms with Gasteiger partial charge < -0.3 is 10.4 Å². The molecule has 0 atom stereocenters. The molecule has 0 unspecified atom stereocenters. The summed E-state index contributed by atoms with van der Waals surface area (Å²) in [7, 11) is 0. The molecule has 0 saturated carbocycles. The summed E-state index contributed by atoms with van der Waals surface area (Å²) in [4.78, 5) is 15.6. The molecule has 0 bridgehead atoms. The molecule has 2 N–H and O–H groups in total. The lowest BCUT2D eigenvalue weighted by Gasteiger charge is -2.27. The molecule has 0 aliphatic rings. The summed E-state index contributed by atoms with van der Waals surface area (Å²) in [6.45, 7) is 15.2. The summed E-state index contributed by atoms with van der Waals surface area (Å²) in [6.07, 6.45) is 0. The van der Waals surface area contributed by atoms with Crippen LogP contribution in [-0.4, -0.2) is 11.1 Å². The van der Waals surface area contributed by atoms with Crippen molar-refractivity contribution in [3.63, 3.8) is 0 Å². The molecule has 3 aromatic rings. The van der Waals surface area contributed by atoms with Crippen molar-refractivity contribution >= 4 is 17.4 Å². The third-order valence-electron chi connectivity index (χ3n) is 6.32. The van der Waals surface area contributed by atoms with E-state index in [0.717, 1.165) is 33.6 Å². The predicted octanol–water partition coefficient (Wildman–Crippen LogP) is 8.31. The van der Waals surface area contributed by atoms with Gasteiger partial charge in [-0.3, -0.25) is 4.90 Å². The number of aromatic hydroxyl groups is 1. The standard InChI is InChI=1S/C30H38N2O2/c1-19(2)24-12-14-25(15-13-24)32(18-23-11-16-28(33)22(7)17-23)30(34)31-29-26(20(3)4)9-8-10-27(29)21(5)6/h8-17,19-21,33H,18H2,1-7H3,(H,31,34). The molecule has 34 heavy (non-hydrogen) atoms. The maximum Gasteiger partial charge on any atom is 0.326 e. The van der Waals surface area contributed by atoms with Gasteiger partial charge in [0.25, 0.3) is 0 Å². The van der Waals surface area contributed by atoms with Crippen LogP contribution in [0.4, 0.5) is 16.2 Å². The Bertz CT molecular complexity index is 1100. The van der Waals surface area contributed by atoms with Gasteiger partial charge >= 0.3 is 6.03 Å². The molecule has 4 heteroatoms. The molecule has 4 nitrogen and oxygen atoms in total. The Morgan fingerprint density at radius 2 is 1.44 bits per heavy atom. The van der Waals surface area contributed by atoms with Gasteiger partial charge in [0.1, 0.15) is 5.75 Å². The topological polar surface area (TPSA) is 52.6 Å². The van der Waals surface area contributed by atoms with Gasteiger partial charge in [-0.05, 0) is 70.7 Å². The zero-order valence-electron chi connectivity index (χ0n) is 21.5. The number of phenolic OH excluding ortho intramolecular Hbond substituents is 1. The van der Waals surface area contributed by atoms with E-state index in [1.807, 2.05) is 31.2 Å². The lowest BCUT2D eigenvalue weighted by atomic mass is 9.92. The van der Waals surface area contributed by atoms with E-state index in [9.17, 15) is 9.90 Å². The average Bonchev–Trinajstić information content (AvgIpc) is 2.79. The normalized spacial score (nSPS) is 11.4. The molecule has 0 spiro atoms. The van der Waals surface area contributed by atoms with Crippen LogP contribution in [0, 0.1) is 6.92 Å². The summed E-state index contributed by atoms with van der Waals surface area (Å²) >= 11 is 0. The number of amides is 2. The minimum Gasteiger partial charge on any atom is -0.508 e. The summed E-state index contributed by atoms with van der Waals surface area (Å²) in [5, 5.41) is 13.2. The van der Waals surface area contributed by atoms with Gasteiger partial charge in [-0.15, -0.1) is 0 Å². The molecule has 180 valence electrons. The monoisotopic (exact) mass is 458 g/mol. The molecule has 0 fully saturated rings.